The Hall–Kier alpha value is -1.55. The summed E-state index contributed by atoms with van der Waals surface area (Å²) in [4.78, 5) is 15.5. The van der Waals surface area contributed by atoms with Gasteiger partial charge in [-0.1, -0.05) is 11.6 Å². The van der Waals surface area contributed by atoms with Crippen LogP contribution in [0.3, 0.4) is 0 Å². The van der Waals surface area contributed by atoms with E-state index in [1.54, 1.807) is 0 Å². The molecule has 0 aliphatic heterocycles. The Morgan fingerprint density at radius 1 is 1.61 bits per heavy atom. The van der Waals surface area contributed by atoms with Crippen molar-refractivity contribution < 1.29 is 9.90 Å². The Morgan fingerprint density at radius 2 is 2.39 bits per heavy atom. The molecule has 5 heteroatoms. The van der Waals surface area contributed by atoms with Gasteiger partial charge < -0.3 is 9.67 Å². The van der Waals surface area contributed by atoms with Crippen LogP contribution in [0.2, 0.25) is 5.02 Å². The molecule has 3 rings (SSSR count). The molecule has 1 aromatic carbocycles. The van der Waals surface area contributed by atoms with Gasteiger partial charge in [0, 0.05) is 17.5 Å². The molecule has 2 aromatic rings. The standard InChI is InChI=1S/C13H13ClN2O2/c1-2-16-11-5-7(14)3-4-10(11)15-12(16)8-6-9(8)13(17)18/h3-5,8-9H,2,6H2,1H3,(H,17,18). The number of carboxylic acid groups (broad SMARTS) is 1. The maximum Gasteiger partial charge on any atom is 0.307 e. The number of halogens is 1. The zero-order chi connectivity index (χ0) is 12.9. The van der Waals surface area contributed by atoms with E-state index >= 15 is 0 Å². The van der Waals surface area contributed by atoms with Gasteiger partial charge in [-0.25, -0.2) is 4.98 Å². The maximum atomic E-state index is 11.0. The van der Waals surface area contributed by atoms with E-state index in [0.717, 1.165) is 23.4 Å². The molecule has 1 N–H and O–H groups in total. The number of carboxylic acids is 1. The van der Waals surface area contributed by atoms with Crippen LogP contribution in [0.25, 0.3) is 11.0 Å². The molecule has 1 heterocycles. The average Bonchev–Trinajstić information content (AvgIpc) is 3.05. The lowest BCUT2D eigenvalue weighted by Gasteiger charge is -2.04. The van der Waals surface area contributed by atoms with Crippen molar-refractivity contribution in [3.63, 3.8) is 0 Å². The third-order valence-electron chi connectivity index (χ3n) is 3.50. The Morgan fingerprint density at radius 3 is 3.00 bits per heavy atom. The fourth-order valence-electron chi connectivity index (χ4n) is 2.48. The van der Waals surface area contributed by atoms with Gasteiger partial charge in [0.15, 0.2) is 0 Å². The van der Waals surface area contributed by atoms with Crippen LogP contribution in [-0.4, -0.2) is 20.6 Å². The molecule has 4 nitrogen and oxygen atoms in total. The molecule has 1 saturated carbocycles. The molecule has 0 saturated heterocycles. The molecule has 94 valence electrons. The van der Waals surface area contributed by atoms with E-state index in [-0.39, 0.29) is 11.8 Å². The normalized spacial score (nSPS) is 22.3. The van der Waals surface area contributed by atoms with Gasteiger partial charge in [-0.3, -0.25) is 4.79 Å². The number of hydrogen-bond donors (Lipinski definition) is 1. The molecule has 18 heavy (non-hydrogen) atoms. The van der Waals surface area contributed by atoms with Crippen LogP contribution in [0.1, 0.15) is 25.1 Å². The van der Waals surface area contributed by atoms with E-state index in [4.69, 9.17) is 16.7 Å². The molecule has 1 aliphatic carbocycles. The molecule has 2 atom stereocenters. The highest BCUT2D eigenvalue weighted by Gasteiger charge is 2.47. The quantitative estimate of drug-likeness (QED) is 0.927. The summed E-state index contributed by atoms with van der Waals surface area (Å²) < 4.78 is 2.06. The number of benzene rings is 1. The number of hydrogen-bond acceptors (Lipinski definition) is 2. The first-order valence-corrected chi connectivity index (χ1v) is 6.38. The Balaban J connectivity index is 2.10. The van der Waals surface area contributed by atoms with Crippen LogP contribution in [0, 0.1) is 5.92 Å². The summed E-state index contributed by atoms with van der Waals surface area (Å²) in [6, 6.07) is 5.57. The second kappa shape index (κ2) is 3.99. The first-order valence-electron chi connectivity index (χ1n) is 6.00. The molecule has 0 radical (unpaired) electrons. The molecule has 0 bridgehead atoms. The van der Waals surface area contributed by atoms with Crippen LogP contribution >= 0.6 is 11.6 Å². The number of aromatic nitrogens is 2. The van der Waals surface area contributed by atoms with E-state index in [2.05, 4.69) is 9.55 Å². The maximum absolute atomic E-state index is 11.0. The highest BCUT2D eigenvalue weighted by atomic mass is 35.5. The minimum absolute atomic E-state index is 0.0497. The van der Waals surface area contributed by atoms with Crippen LogP contribution in [0.4, 0.5) is 0 Å². The summed E-state index contributed by atoms with van der Waals surface area (Å²) in [6.45, 7) is 2.80. The van der Waals surface area contributed by atoms with Gasteiger partial charge in [0.25, 0.3) is 0 Å². The first kappa shape index (κ1) is 11.5. The van der Waals surface area contributed by atoms with Gasteiger partial charge >= 0.3 is 5.97 Å². The van der Waals surface area contributed by atoms with Crippen molar-refractivity contribution in [3.05, 3.63) is 29.0 Å². The smallest absolute Gasteiger partial charge is 0.307 e. The van der Waals surface area contributed by atoms with Gasteiger partial charge in [0.05, 0.1) is 17.0 Å². The number of aryl methyl sites for hydroxylation is 1. The van der Waals surface area contributed by atoms with Gasteiger partial charge in [-0.05, 0) is 31.5 Å². The molecule has 2 unspecified atom stereocenters. The third-order valence-corrected chi connectivity index (χ3v) is 3.73. The van der Waals surface area contributed by atoms with E-state index in [0.29, 0.717) is 11.4 Å². The van der Waals surface area contributed by atoms with Crippen molar-refractivity contribution in [2.45, 2.75) is 25.8 Å². The van der Waals surface area contributed by atoms with Crippen LogP contribution in [0.5, 0.6) is 0 Å². The SMILES string of the molecule is CCn1c(C2CC2C(=O)O)nc2ccc(Cl)cc21. The predicted octanol–water partition coefficient (Wildman–Crippen LogP) is 2.90. The molecular weight excluding hydrogens is 252 g/mol. The van der Waals surface area contributed by atoms with Crippen LogP contribution < -0.4 is 0 Å². The third kappa shape index (κ3) is 1.68. The van der Waals surface area contributed by atoms with Crippen molar-refractivity contribution in [1.82, 2.24) is 9.55 Å². The topological polar surface area (TPSA) is 55.1 Å². The van der Waals surface area contributed by atoms with Crippen molar-refractivity contribution in [1.29, 1.82) is 0 Å². The fraction of sp³-hybridized carbons (Fsp3) is 0.385. The molecule has 0 spiro atoms. The van der Waals surface area contributed by atoms with Crippen LogP contribution in [-0.2, 0) is 11.3 Å². The Kier molecular flexibility index (Phi) is 2.55. The lowest BCUT2D eigenvalue weighted by molar-refractivity contribution is -0.138. The largest absolute Gasteiger partial charge is 0.481 e. The highest BCUT2D eigenvalue weighted by Crippen LogP contribution is 2.47. The number of carbonyl (C=O) groups is 1. The van der Waals surface area contributed by atoms with Crippen molar-refractivity contribution in [3.8, 4) is 0 Å². The number of nitrogens with zero attached hydrogens (tertiary/aromatic N) is 2. The number of fused-ring (bicyclic) bond motifs is 1. The van der Waals surface area contributed by atoms with Gasteiger partial charge in [0.1, 0.15) is 5.82 Å². The number of imidazole rings is 1. The first-order chi connectivity index (χ1) is 8.61. The summed E-state index contributed by atoms with van der Waals surface area (Å²) in [6.07, 6.45) is 0.687. The molecule has 0 amide bonds. The predicted molar refractivity (Wildman–Crippen MR) is 68.9 cm³/mol. The summed E-state index contributed by atoms with van der Waals surface area (Å²) in [7, 11) is 0. The number of rotatable bonds is 3. The monoisotopic (exact) mass is 264 g/mol. The van der Waals surface area contributed by atoms with E-state index in [9.17, 15) is 4.79 Å². The number of aliphatic carboxylic acids is 1. The summed E-state index contributed by atoms with van der Waals surface area (Å²) >= 11 is 6.00. The second-order valence-corrected chi connectivity index (χ2v) is 5.07. The fourth-order valence-corrected chi connectivity index (χ4v) is 2.65. The van der Waals surface area contributed by atoms with E-state index < -0.39 is 5.97 Å². The van der Waals surface area contributed by atoms with E-state index in [1.165, 1.54) is 0 Å². The molecule has 1 aromatic heterocycles. The molecule has 1 aliphatic rings. The Bertz CT molecular complexity index is 635. The van der Waals surface area contributed by atoms with Crippen molar-refractivity contribution >= 4 is 28.6 Å². The van der Waals surface area contributed by atoms with Crippen molar-refractivity contribution in [2.24, 2.45) is 5.92 Å². The molecular formula is C13H13ClN2O2. The van der Waals surface area contributed by atoms with E-state index in [1.807, 2.05) is 25.1 Å². The lowest BCUT2D eigenvalue weighted by atomic mass is 10.3. The minimum Gasteiger partial charge on any atom is -0.481 e. The average molecular weight is 265 g/mol. The zero-order valence-corrected chi connectivity index (χ0v) is 10.7. The summed E-state index contributed by atoms with van der Waals surface area (Å²) in [5.74, 6) is -0.0777. The minimum atomic E-state index is -0.729. The summed E-state index contributed by atoms with van der Waals surface area (Å²) in [5, 5.41) is 9.68. The summed E-state index contributed by atoms with van der Waals surface area (Å²) in [5.41, 5.74) is 1.86. The van der Waals surface area contributed by atoms with Gasteiger partial charge in [-0.15, -0.1) is 0 Å². The lowest BCUT2D eigenvalue weighted by Crippen LogP contribution is -2.04. The van der Waals surface area contributed by atoms with Gasteiger partial charge in [-0.2, -0.15) is 0 Å². The molecule has 1 fully saturated rings. The van der Waals surface area contributed by atoms with Gasteiger partial charge in [0.2, 0.25) is 0 Å². The highest BCUT2D eigenvalue weighted by molar-refractivity contribution is 6.31. The zero-order valence-electron chi connectivity index (χ0n) is 9.93. The van der Waals surface area contributed by atoms with Crippen molar-refractivity contribution in [2.75, 3.05) is 0 Å². The Labute approximate surface area is 109 Å². The van der Waals surface area contributed by atoms with Crippen LogP contribution in [0.15, 0.2) is 18.2 Å². The second-order valence-electron chi connectivity index (χ2n) is 4.63.